The van der Waals surface area contributed by atoms with Gasteiger partial charge in [0.05, 0.1) is 6.61 Å². The molecule has 2 rings (SSSR count). The van der Waals surface area contributed by atoms with Crippen LogP contribution in [0.15, 0.2) is 30.3 Å². The molecule has 1 fully saturated rings. The van der Waals surface area contributed by atoms with Crippen LogP contribution >= 0.6 is 0 Å². The van der Waals surface area contributed by atoms with Gasteiger partial charge in [0.25, 0.3) is 5.91 Å². The molecule has 1 amide bonds. The van der Waals surface area contributed by atoms with Crippen LogP contribution in [-0.2, 0) is 9.53 Å². The van der Waals surface area contributed by atoms with Gasteiger partial charge in [-0.2, -0.15) is 0 Å². The van der Waals surface area contributed by atoms with Crippen LogP contribution in [-0.4, -0.2) is 31.7 Å². The van der Waals surface area contributed by atoms with Gasteiger partial charge in [-0.15, -0.1) is 0 Å². The Morgan fingerprint density at radius 3 is 2.87 bits per heavy atom. The zero-order valence-electron chi connectivity index (χ0n) is 8.35. The van der Waals surface area contributed by atoms with Crippen molar-refractivity contribution in [2.24, 2.45) is 0 Å². The first-order valence-electron chi connectivity index (χ1n) is 4.97. The molecular formula is C11H13N2O2. The summed E-state index contributed by atoms with van der Waals surface area (Å²) in [6.45, 7) is 1.68. The minimum atomic E-state index is -0.432. The molecule has 0 bridgehead atoms. The molecule has 4 heteroatoms. The van der Waals surface area contributed by atoms with Crippen LogP contribution in [0.2, 0.25) is 0 Å². The number of nitrogens with one attached hydrogen (secondary N) is 1. The van der Waals surface area contributed by atoms with E-state index in [2.05, 4.69) is 10.6 Å². The molecule has 15 heavy (non-hydrogen) atoms. The Morgan fingerprint density at radius 2 is 2.20 bits per heavy atom. The first-order chi connectivity index (χ1) is 7.36. The van der Waals surface area contributed by atoms with Gasteiger partial charge >= 0.3 is 0 Å². The number of ether oxygens (including phenoxy) is 1. The van der Waals surface area contributed by atoms with Gasteiger partial charge in [0.1, 0.15) is 0 Å². The topological polar surface area (TPSA) is 52.4 Å². The molecule has 1 aromatic rings. The summed E-state index contributed by atoms with van der Waals surface area (Å²) in [6.07, 6.45) is -0.432. The maximum Gasteiger partial charge on any atom is 0.254 e. The van der Waals surface area contributed by atoms with E-state index in [0.717, 1.165) is 5.69 Å². The predicted molar refractivity (Wildman–Crippen MR) is 56.7 cm³/mol. The third-order valence-corrected chi connectivity index (χ3v) is 2.20. The Morgan fingerprint density at radius 1 is 1.40 bits per heavy atom. The summed E-state index contributed by atoms with van der Waals surface area (Å²) in [5, 5.41) is 6.92. The van der Waals surface area contributed by atoms with E-state index in [0.29, 0.717) is 19.7 Å². The third kappa shape index (κ3) is 2.78. The van der Waals surface area contributed by atoms with Crippen molar-refractivity contribution in [3.63, 3.8) is 0 Å². The second-order valence-electron chi connectivity index (χ2n) is 3.34. The summed E-state index contributed by atoms with van der Waals surface area (Å²) in [5.41, 5.74) is 0.789. The van der Waals surface area contributed by atoms with Crippen LogP contribution in [0.5, 0.6) is 0 Å². The van der Waals surface area contributed by atoms with E-state index in [1.54, 1.807) is 0 Å². The number of anilines is 1. The van der Waals surface area contributed by atoms with E-state index < -0.39 is 6.10 Å². The second kappa shape index (κ2) is 4.91. The fourth-order valence-electron chi connectivity index (χ4n) is 1.42. The van der Waals surface area contributed by atoms with E-state index in [1.165, 1.54) is 0 Å². The highest BCUT2D eigenvalue weighted by Crippen LogP contribution is 2.07. The lowest BCUT2D eigenvalue weighted by Gasteiger charge is -2.21. The van der Waals surface area contributed by atoms with Crippen molar-refractivity contribution in [1.29, 1.82) is 0 Å². The highest BCUT2D eigenvalue weighted by atomic mass is 16.5. The second-order valence-corrected chi connectivity index (χ2v) is 3.34. The molecular weight excluding hydrogens is 192 g/mol. The van der Waals surface area contributed by atoms with E-state index in [9.17, 15) is 4.79 Å². The quantitative estimate of drug-likeness (QED) is 0.769. The molecule has 79 valence electrons. The zero-order chi connectivity index (χ0) is 10.5. The van der Waals surface area contributed by atoms with Gasteiger partial charge in [0.15, 0.2) is 6.10 Å². The summed E-state index contributed by atoms with van der Waals surface area (Å²) in [7, 11) is 0. The molecule has 0 aliphatic carbocycles. The van der Waals surface area contributed by atoms with Gasteiger partial charge < -0.3 is 10.1 Å². The molecule has 1 N–H and O–H groups in total. The fourth-order valence-corrected chi connectivity index (χ4v) is 1.42. The monoisotopic (exact) mass is 205 g/mol. The number of nitrogens with zero attached hydrogens (tertiary/aromatic N) is 1. The van der Waals surface area contributed by atoms with Crippen molar-refractivity contribution < 1.29 is 9.53 Å². The van der Waals surface area contributed by atoms with Gasteiger partial charge in [-0.25, -0.2) is 5.32 Å². The number of morpholine rings is 1. The highest BCUT2D eigenvalue weighted by Gasteiger charge is 2.22. The lowest BCUT2D eigenvalue weighted by atomic mass is 10.2. The van der Waals surface area contributed by atoms with E-state index in [1.807, 2.05) is 30.3 Å². The Balaban J connectivity index is 1.91. The Kier molecular flexibility index (Phi) is 3.32. The van der Waals surface area contributed by atoms with Crippen LogP contribution < -0.4 is 10.6 Å². The molecule has 4 nitrogen and oxygen atoms in total. The maximum atomic E-state index is 11.7. The third-order valence-electron chi connectivity index (χ3n) is 2.20. The SMILES string of the molecule is O=C(Nc1ccccc1)C1C[N]CCO1. The number of carbonyl (C=O) groups is 1. The first kappa shape index (κ1) is 10.1. The largest absolute Gasteiger partial charge is 0.366 e. The van der Waals surface area contributed by atoms with Gasteiger partial charge in [-0.1, -0.05) is 18.2 Å². The van der Waals surface area contributed by atoms with Crippen LogP contribution in [0.1, 0.15) is 0 Å². The molecule has 1 radical (unpaired) electrons. The molecule has 1 aliphatic rings. The van der Waals surface area contributed by atoms with Crippen LogP contribution in [0, 0.1) is 0 Å². The lowest BCUT2D eigenvalue weighted by molar-refractivity contribution is -0.128. The smallest absolute Gasteiger partial charge is 0.254 e. The minimum Gasteiger partial charge on any atom is -0.366 e. The number of para-hydroxylation sites is 1. The number of carbonyl (C=O) groups excluding carboxylic acids is 1. The van der Waals surface area contributed by atoms with Crippen LogP contribution in [0.3, 0.4) is 0 Å². The van der Waals surface area contributed by atoms with Crippen molar-refractivity contribution in [1.82, 2.24) is 5.32 Å². The molecule has 0 aromatic heterocycles. The Bertz CT molecular complexity index is 321. The van der Waals surface area contributed by atoms with Crippen molar-refractivity contribution in [2.75, 3.05) is 25.0 Å². The Labute approximate surface area is 88.6 Å². The number of rotatable bonds is 2. The normalized spacial score (nSPS) is 20.9. The van der Waals surface area contributed by atoms with Gasteiger partial charge in [-0.3, -0.25) is 4.79 Å². The predicted octanol–water partition coefficient (Wildman–Crippen LogP) is 0.628. The minimum absolute atomic E-state index is 0.121. The van der Waals surface area contributed by atoms with Crippen LogP contribution in [0.4, 0.5) is 5.69 Å². The number of hydrogen-bond acceptors (Lipinski definition) is 2. The van der Waals surface area contributed by atoms with E-state index >= 15 is 0 Å². The summed E-state index contributed by atoms with van der Waals surface area (Å²) < 4.78 is 5.31. The molecule has 1 aliphatic heterocycles. The molecule has 1 saturated heterocycles. The van der Waals surface area contributed by atoms with Crippen LogP contribution in [0.25, 0.3) is 0 Å². The first-order valence-corrected chi connectivity index (χ1v) is 4.97. The van der Waals surface area contributed by atoms with Crippen molar-refractivity contribution in [3.05, 3.63) is 30.3 Å². The van der Waals surface area contributed by atoms with Gasteiger partial charge in [0, 0.05) is 18.8 Å². The van der Waals surface area contributed by atoms with Crippen molar-refractivity contribution in [2.45, 2.75) is 6.10 Å². The molecule has 0 spiro atoms. The van der Waals surface area contributed by atoms with E-state index in [4.69, 9.17) is 4.74 Å². The number of benzene rings is 1. The van der Waals surface area contributed by atoms with Gasteiger partial charge in [0.2, 0.25) is 0 Å². The molecule has 1 unspecified atom stereocenters. The zero-order valence-corrected chi connectivity index (χ0v) is 8.35. The molecule has 0 saturated carbocycles. The average Bonchev–Trinajstić information content (AvgIpc) is 2.31. The highest BCUT2D eigenvalue weighted by molar-refractivity contribution is 5.94. The maximum absolute atomic E-state index is 11.7. The average molecular weight is 205 g/mol. The number of hydrogen-bond donors (Lipinski definition) is 1. The Hall–Kier alpha value is -1.39. The number of amides is 1. The van der Waals surface area contributed by atoms with Crippen molar-refractivity contribution >= 4 is 11.6 Å². The summed E-state index contributed by atoms with van der Waals surface area (Å²) in [5.74, 6) is -0.121. The fraction of sp³-hybridized carbons (Fsp3) is 0.364. The summed E-state index contributed by atoms with van der Waals surface area (Å²) >= 11 is 0. The molecule has 1 atom stereocenters. The standard InChI is InChI=1S/C11H13N2O2/c14-11(10-8-12-6-7-15-10)13-9-4-2-1-3-5-9/h1-5,10H,6-8H2,(H,13,14). The summed E-state index contributed by atoms with van der Waals surface area (Å²) in [6, 6.07) is 9.35. The molecule has 1 aromatic carbocycles. The molecule has 1 heterocycles. The van der Waals surface area contributed by atoms with E-state index in [-0.39, 0.29) is 5.91 Å². The van der Waals surface area contributed by atoms with Crippen molar-refractivity contribution in [3.8, 4) is 0 Å². The lowest BCUT2D eigenvalue weighted by Crippen LogP contribution is -2.42. The summed E-state index contributed by atoms with van der Waals surface area (Å²) in [4.78, 5) is 11.7. The van der Waals surface area contributed by atoms with Gasteiger partial charge in [-0.05, 0) is 12.1 Å².